The molecule has 0 aliphatic carbocycles. The quantitative estimate of drug-likeness (QED) is 0.619. The molecule has 0 fully saturated rings. The van der Waals surface area contributed by atoms with Crippen molar-refractivity contribution in [3.8, 4) is 11.3 Å². The van der Waals surface area contributed by atoms with Gasteiger partial charge in [-0.25, -0.2) is 14.8 Å². The number of benzene rings is 1. The van der Waals surface area contributed by atoms with E-state index in [4.69, 9.17) is 5.11 Å². The Balaban J connectivity index is 2.15. The smallest absolute Gasteiger partial charge is 0.323 e. The van der Waals surface area contributed by atoms with Crippen LogP contribution in [0.15, 0.2) is 35.3 Å². The van der Waals surface area contributed by atoms with Gasteiger partial charge in [0.15, 0.2) is 5.82 Å². The molecule has 3 rings (SSSR count). The van der Waals surface area contributed by atoms with Gasteiger partial charge in [-0.1, -0.05) is 6.07 Å². The van der Waals surface area contributed by atoms with Gasteiger partial charge in [0.2, 0.25) is 0 Å². The molecule has 90 valence electrons. The average molecular weight is 242 g/mol. The Morgan fingerprint density at radius 1 is 1.17 bits per heavy atom. The number of rotatable bonds is 2. The summed E-state index contributed by atoms with van der Waals surface area (Å²) in [5.74, 6) is 0.371. The van der Waals surface area contributed by atoms with E-state index >= 15 is 0 Å². The molecule has 0 amide bonds. The van der Waals surface area contributed by atoms with Crippen LogP contribution < -0.4 is 5.69 Å². The molecule has 1 aromatic carbocycles. The lowest BCUT2D eigenvalue weighted by Gasteiger charge is -2.02. The van der Waals surface area contributed by atoms with Gasteiger partial charge in [-0.15, -0.1) is 0 Å². The highest BCUT2D eigenvalue weighted by Gasteiger charge is 2.04. The fourth-order valence-corrected chi connectivity index (χ4v) is 1.83. The van der Waals surface area contributed by atoms with E-state index in [-0.39, 0.29) is 12.3 Å². The van der Waals surface area contributed by atoms with Crippen molar-refractivity contribution in [3.05, 3.63) is 46.8 Å². The molecule has 0 bridgehead atoms. The second kappa shape index (κ2) is 4.08. The van der Waals surface area contributed by atoms with Crippen LogP contribution in [0, 0.1) is 0 Å². The average Bonchev–Trinajstić information content (AvgIpc) is 2.77. The van der Waals surface area contributed by atoms with Crippen LogP contribution in [-0.4, -0.2) is 25.0 Å². The van der Waals surface area contributed by atoms with Crippen LogP contribution in [0.4, 0.5) is 0 Å². The Bertz CT molecular complexity index is 760. The number of hydrogen-bond donors (Lipinski definition) is 3. The lowest BCUT2D eigenvalue weighted by Crippen LogP contribution is -1.99. The van der Waals surface area contributed by atoms with Gasteiger partial charge in [-0.2, -0.15) is 0 Å². The number of nitrogens with zero attached hydrogens (tertiary/aromatic N) is 2. The molecule has 0 saturated heterocycles. The second-order valence-electron chi connectivity index (χ2n) is 3.86. The van der Waals surface area contributed by atoms with Crippen LogP contribution in [-0.2, 0) is 6.61 Å². The van der Waals surface area contributed by atoms with E-state index in [2.05, 4.69) is 19.9 Å². The summed E-state index contributed by atoms with van der Waals surface area (Å²) in [5.41, 5.74) is 2.80. The van der Waals surface area contributed by atoms with E-state index in [0.29, 0.717) is 11.5 Å². The van der Waals surface area contributed by atoms with Crippen molar-refractivity contribution in [2.45, 2.75) is 6.61 Å². The van der Waals surface area contributed by atoms with Crippen molar-refractivity contribution in [1.29, 1.82) is 0 Å². The number of aliphatic hydroxyl groups excluding tert-OH is 1. The van der Waals surface area contributed by atoms with Crippen molar-refractivity contribution < 1.29 is 5.11 Å². The lowest BCUT2D eigenvalue weighted by atomic mass is 10.1. The molecule has 0 spiro atoms. The highest BCUT2D eigenvalue weighted by molar-refractivity contribution is 5.80. The molecule has 2 aromatic heterocycles. The first-order chi connectivity index (χ1) is 8.76. The van der Waals surface area contributed by atoms with Gasteiger partial charge in [0.1, 0.15) is 6.61 Å². The molecule has 0 aliphatic heterocycles. The molecule has 6 heteroatoms. The molecular weight excluding hydrogens is 232 g/mol. The normalized spacial score (nSPS) is 10.9. The molecule has 18 heavy (non-hydrogen) atoms. The van der Waals surface area contributed by atoms with Crippen LogP contribution in [0.2, 0.25) is 0 Å². The summed E-state index contributed by atoms with van der Waals surface area (Å²) < 4.78 is 0. The third-order valence-electron chi connectivity index (χ3n) is 2.66. The summed E-state index contributed by atoms with van der Waals surface area (Å²) in [6, 6.07) is 7.25. The lowest BCUT2D eigenvalue weighted by molar-refractivity contribution is 0.271. The maximum atomic E-state index is 11.2. The number of nitrogens with one attached hydrogen (secondary N) is 2. The zero-order chi connectivity index (χ0) is 12.5. The topological polar surface area (TPSA) is 94.7 Å². The highest BCUT2D eigenvalue weighted by atomic mass is 16.3. The first kappa shape index (κ1) is 10.7. The summed E-state index contributed by atoms with van der Waals surface area (Å²) in [7, 11) is 0. The predicted molar refractivity (Wildman–Crippen MR) is 65.9 cm³/mol. The van der Waals surface area contributed by atoms with Gasteiger partial charge in [0, 0.05) is 11.8 Å². The zero-order valence-corrected chi connectivity index (χ0v) is 9.34. The first-order valence-corrected chi connectivity index (χ1v) is 5.41. The Morgan fingerprint density at radius 3 is 2.83 bits per heavy atom. The van der Waals surface area contributed by atoms with E-state index in [1.54, 1.807) is 12.3 Å². The molecular formula is C12H10N4O2. The van der Waals surface area contributed by atoms with E-state index < -0.39 is 0 Å². The van der Waals surface area contributed by atoms with Crippen molar-refractivity contribution in [3.63, 3.8) is 0 Å². The van der Waals surface area contributed by atoms with E-state index in [9.17, 15) is 4.79 Å². The van der Waals surface area contributed by atoms with Crippen molar-refractivity contribution >= 4 is 11.0 Å². The zero-order valence-electron chi connectivity index (χ0n) is 9.34. The fourth-order valence-electron chi connectivity index (χ4n) is 1.83. The molecule has 0 unspecified atom stereocenters. The van der Waals surface area contributed by atoms with E-state index in [1.807, 2.05) is 18.2 Å². The Labute approximate surface area is 101 Å². The number of hydrogen-bond acceptors (Lipinski definition) is 4. The molecule has 6 nitrogen and oxygen atoms in total. The Hall–Kier alpha value is -2.47. The SMILES string of the molecule is O=c1[nH]c2ccc(-c3ccnc(CO)n3)cc2[nH]1. The molecule has 0 saturated carbocycles. The van der Waals surface area contributed by atoms with Gasteiger partial charge in [-0.05, 0) is 18.2 Å². The summed E-state index contributed by atoms with van der Waals surface area (Å²) in [6.07, 6.45) is 1.60. The van der Waals surface area contributed by atoms with Gasteiger partial charge in [0.05, 0.1) is 16.7 Å². The predicted octanol–water partition coefficient (Wildman–Crippen LogP) is 0.805. The van der Waals surface area contributed by atoms with Gasteiger partial charge >= 0.3 is 5.69 Å². The summed E-state index contributed by atoms with van der Waals surface area (Å²) in [5, 5.41) is 9.01. The number of aliphatic hydroxyl groups is 1. The standard InChI is InChI=1S/C12H10N4O2/c17-6-11-13-4-3-8(14-11)7-1-2-9-10(5-7)16-12(18)15-9/h1-5,17H,6H2,(H2,15,16,18). The molecule has 2 heterocycles. The number of aromatic nitrogens is 4. The van der Waals surface area contributed by atoms with Crippen LogP contribution in [0.3, 0.4) is 0 Å². The third-order valence-corrected chi connectivity index (χ3v) is 2.66. The first-order valence-electron chi connectivity index (χ1n) is 5.41. The minimum absolute atomic E-state index is 0.197. The minimum atomic E-state index is -0.235. The summed E-state index contributed by atoms with van der Waals surface area (Å²) in [4.78, 5) is 24.7. The maximum Gasteiger partial charge on any atom is 0.323 e. The number of aromatic amines is 2. The fraction of sp³-hybridized carbons (Fsp3) is 0.0833. The van der Waals surface area contributed by atoms with E-state index in [1.165, 1.54) is 0 Å². The minimum Gasteiger partial charge on any atom is -0.388 e. The highest BCUT2D eigenvalue weighted by Crippen LogP contribution is 2.20. The van der Waals surface area contributed by atoms with Crippen LogP contribution in [0.5, 0.6) is 0 Å². The van der Waals surface area contributed by atoms with Gasteiger partial charge < -0.3 is 15.1 Å². The van der Waals surface area contributed by atoms with Gasteiger partial charge in [0.25, 0.3) is 0 Å². The monoisotopic (exact) mass is 242 g/mol. The maximum absolute atomic E-state index is 11.2. The molecule has 0 radical (unpaired) electrons. The van der Waals surface area contributed by atoms with Crippen LogP contribution >= 0.6 is 0 Å². The largest absolute Gasteiger partial charge is 0.388 e. The molecule has 0 atom stereocenters. The number of fused-ring (bicyclic) bond motifs is 1. The van der Waals surface area contributed by atoms with Gasteiger partial charge in [-0.3, -0.25) is 0 Å². The molecule has 3 N–H and O–H groups in total. The third kappa shape index (κ3) is 1.78. The van der Waals surface area contributed by atoms with Crippen LogP contribution in [0.1, 0.15) is 5.82 Å². The van der Waals surface area contributed by atoms with E-state index in [0.717, 1.165) is 16.6 Å². The molecule has 3 aromatic rings. The Morgan fingerprint density at radius 2 is 2.00 bits per heavy atom. The Kier molecular flexibility index (Phi) is 2.42. The van der Waals surface area contributed by atoms with Crippen molar-refractivity contribution in [2.24, 2.45) is 0 Å². The molecule has 0 aliphatic rings. The number of imidazole rings is 1. The second-order valence-corrected chi connectivity index (χ2v) is 3.86. The number of H-pyrrole nitrogens is 2. The summed E-state index contributed by atoms with van der Waals surface area (Å²) in [6.45, 7) is -0.197. The van der Waals surface area contributed by atoms with Crippen molar-refractivity contribution in [1.82, 2.24) is 19.9 Å². The summed E-state index contributed by atoms with van der Waals surface area (Å²) >= 11 is 0. The van der Waals surface area contributed by atoms with Crippen molar-refractivity contribution in [2.75, 3.05) is 0 Å². The van der Waals surface area contributed by atoms with Crippen LogP contribution in [0.25, 0.3) is 22.3 Å².